The van der Waals surface area contributed by atoms with Crippen LogP contribution in [0.1, 0.15) is 43.6 Å². The second-order valence-electron chi connectivity index (χ2n) is 10.7. The highest BCUT2D eigenvalue weighted by molar-refractivity contribution is 5.88. The van der Waals surface area contributed by atoms with E-state index in [2.05, 4.69) is 29.8 Å². The van der Waals surface area contributed by atoms with E-state index in [1.165, 1.54) is 6.42 Å². The van der Waals surface area contributed by atoms with Crippen molar-refractivity contribution in [2.24, 2.45) is 0 Å². The summed E-state index contributed by atoms with van der Waals surface area (Å²) >= 11 is 0. The van der Waals surface area contributed by atoms with E-state index in [4.69, 9.17) is 14.5 Å². The quantitative estimate of drug-likeness (QED) is 0.215. The number of hydrogen-bond donors (Lipinski definition) is 0. The van der Waals surface area contributed by atoms with E-state index in [0.29, 0.717) is 38.1 Å². The Balaban J connectivity index is 1.46. The van der Waals surface area contributed by atoms with Crippen molar-refractivity contribution in [3.05, 3.63) is 79.1 Å². The van der Waals surface area contributed by atoms with Crippen molar-refractivity contribution < 1.29 is 19.1 Å². The van der Waals surface area contributed by atoms with Crippen molar-refractivity contribution in [1.29, 1.82) is 0 Å². The summed E-state index contributed by atoms with van der Waals surface area (Å²) in [6.07, 6.45) is 10.3. The molecule has 210 valence electrons. The zero-order valence-corrected chi connectivity index (χ0v) is 23.1. The molecule has 6 rings (SSSR count). The normalized spacial score (nSPS) is 16.0. The van der Waals surface area contributed by atoms with Crippen LogP contribution in [0.3, 0.4) is 0 Å². The molecule has 8 heteroatoms. The summed E-state index contributed by atoms with van der Waals surface area (Å²) in [5.41, 5.74) is 5.77. The number of hydrogen-bond acceptors (Lipinski definition) is 6. The molecule has 1 aliphatic carbocycles. The number of rotatable bonds is 7. The van der Waals surface area contributed by atoms with Crippen LogP contribution in [0, 0.1) is 0 Å². The second kappa shape index (κ2) is 12.1. The van der Waals surface area contributed by atoms with Crippen LogP contribution in [0.25, 0.3) is 33.4 Å². The maximum absolute atomic E-state index is 13.5. The van der Waals surface area contributed by atoms with Gasteiger partial charge in [0.25, 0.3) is 0 Å². The van der Waals surface area contributed by atoms with Crippen molar-refractivity contribution in [2.45, 2.75) is 44.6 Å². The number of amides is 1. The molecular weight excluding hydrogens is 516 g/mol. The summed E-state index contributed by atoms with van der Waals surface area (Å²) in [6, 6.07) is 16.2. The predicted octanol–water partition coefficient (Wildman–Crippen LogP) is 5.76. The molecule has 0 unspecified atom stereocenters. The first-order valence-electron chi connectivity index (χ1n) is 14.4. The maximum atomic E-state index is 13.5. The van der Waals surface area contributed by atoms with Crippen LogP contribution < -0.4 is 4.74 Å². The SMILES string of the molecule is C=CC(=O)Oc1cc(C2CCCCC2)c(-c2ccc3nc(-c4ccncc4)ccc3c2)n1CC(=O)N1CCOCC1. The maximum Gasteiger partial charge on any atom is 0.336 e. The number of carbonyl (C=O) groups is 2. The van der Waals surface area contributed by atoms with Gasteiger partial charge in [0.1, 0.15) is 6.54 Å². The monoisotopic (exact) mass is 550 g/mol. The highest BCUT2D eigenvalue weighted by Gasteiger charge is 2.28. The van der Waals surface area contributed by atoms with Crippen molar-refractivity contribution in [2.75, 3.05) is 26.3 Å². The molecule has 0 atom stereocenters. The molecule has 0 spiro atoms. The van der Waals surface area contributed by atoms with Gasteiger partial charge in [-0.1, -0.05) is 38.0 Å². The average molecular weight is 551 g/mol. The van der Waals surface area contributed by atoms with Crippen molar-refractivity contribution in [3.63, 3.8) is 0 Å². The van der Waals surface area contributed by atoms with Crippen LogP contribution in [0.5, 0.6) is 5.88 Å². The lowest BCUT2D eigenvalue weighted by Gasteiger charge is -2.28. The third-order valence-electron chi connectivity index (χ3n) is 8.10. The Labute approximate surface area is 239 Å². The largest absolute Gasteiger partial charge is 0.406 e. The molecule has 0 N–H and O–H groups in total. The van der Waals surface area contributed by atoms with Gasteiger partial charge in [0.2, 0.25) is 11.8 Å². The highest BCUT2D eigenvalue weighted by atomic mass is 16.5. The first-order valence-corrected chi connectivity index (χ1v) is 14.4. The first kappa shape index (κ1) is 26.9. The van der Waals surface area contributed by atoms with Gasteiger partial charge in [0.05, 0.1) is 30.1 Å². The predicted molar refractivity (Wildman–Crippen MR) is 157 cm³/mol. The summed E-state index contributed by atoms with van der Waals surface area (Å²) in [5, 5.41) is 0.992. The summed E-state index contributed by atoms with van der Waals surface area (Å²) in [6.45, 7) is 5.79. The topological polar surface area (TPSA) is 86.5 Å². The van der Waals surface area contributed by atoms with Crippen molar-refractivity contribution in [3.8, 4) is 28.4 Å². The van der Waals surface area contributed by atoms with E-state index in [1.54, 1.807) is 12.4 Å². The first-order chi connectivity index (χ1) is 20.1. The van der Waals surface area contributed by atoms with E-state index in [1.807, 2.05) is 39.8 Å². The molecule has 4 heterocycles. The van der Waals surface area contributed by atoms with Crippen LogP contribution in [0.2, 0.25) is 0 Å². The van der Waals surface area contributed by atoms with E-state index in [0.717, 1.165) is 70.7 Å². The van der Waals surface area contributed by atoms with Crippen molar-refractivity contribution >= 4 is 22.8 Å². The molecule has 1 saturated carbocycles. The molecule has 2 fully saturated rings. The van der Waals surface area contributed by atoms with E-state index >= 15 is 0 Å². The molecule has 1 amide bonds. The van der Waals surface area contributed by atoms with Gasteiger partial charge in [-0.05, 0) is 60.2 Å². The second-order valence-corrected chi connectivity index (χ2v) is 10.7. The molecule has 41 heavy (non-hydrogen) atoms. The Kier molecular flexibility index (Phi) is 7.91. The van der Waals surface area contributed by atoms with E-state index < -0.39 is 5.97 Å². The molecule has 3 aromatic heterocycles. The van der Waals surface area contributed by atoms with Gasteiger partial charge in [-0.3, -0.25) is 9.78 Å². The van der Waals surface area contributed by atoms with Gasteiger partial charge in [-0.15, -0.1) is 0 Å². The number of nitrogens with zero attached hydrogens (tertiary/aromatic N) is 4. The third kappa shape index (κ3) is 5.79. The summed E-state index contributed by atoms with van der Waals surface area (Å²) in [5.74, 6) is 0.122. The number of carbonyl (C=O) groups excluding carboxylic acids is 2. The number of morpholine rings is 1. The van der Waals surface area contributed by atoms with Crippen LogP contribution in [0.15, 0.2) is 73.6 Å². The smallest absolute Gasteiger partial charge is 0.336 e. The molecule has 1 aromatic carbocycles. The third-order valence-corrected chi connectivity index (χ3v) is 8.10. The number of esters is 1. The Morgan fingerprint density at radius 3 is 2.51 bits per heavy atom. The Morgan fingerprint density at radius 2 is 1.76 bits per heavy atom. The molecule has 2 aliphatic rings. The number of fused-ring (bicyclic) bond motifs is 1. The summed E-state index contributed by atoms with van der Waals surface area (Å²) in [4.78, 5) is 36.7. The lowest BCUT2D eigenvalue weighted by atomic mass is 9.83. The molecule has 4 aromatic rings. The molecule has 0 bridgehead atoms. The number of ether oxygens (including phenoxy) is 2. The number of pyridine rings is 2. The fourth-order valence-electron chi connectivity index (χ4n) is 5.98. The van der Waals surface area contributed by atoms with E-state index in [9.17, 15) is 9.59 Å². The van der Waals surface area contributed by atoms with Gasteiger partial charge >= 0.3 is 5.97 Å². The molecule has 1 aliphatic heterocycles. The van der Waals surface area contributed by atoms with Gasteiger partial charge in [0.15, 0.2) is 0 Å². The Morgan fingerprint density at radius 1 is 0.976 bits per heavy atom. The Bertz CT molecular complexity index is 1570. The zero-order valence-electron chi connectivity index (χ0n) is 23.1. The molecule has 8 nitrogen and oxygen atoms in total. The van der Waals surface area contributed by atoms with Crippen LogP contribution in [-0.2, 0) is 20.9 Å². The van der Waals surface area contributed by atoms with Crippen LogP contribution in [-0.4, -0.2) is 57.6 Å². The minimum atomic E-state index is -0.546. The van der Waals surface area contributed by atoms with Gasteiger partial charge in [-0.2, -0.15) is 0 Å². The van der Waals surface area contributed by atoms with Gasteiger partial charge < -0.3 is 18.9 Å². The molecule has 1 saturated heterocycles. The minimum Gasteiger partial charge on any atom is -0.406 e. The minimum absolute atomic E-state index is 0.0271. The van der Waals surface area contributed by atoms with Crippen LogP contribution in [0.4, 0.5) is 0 Å². The van der Waals surface area contributed by atoms with E-state index in [-0.39, 0.29) is 12.5 Å². The number of benzene rings is 1. The van der Waals surface area contributed by atoms with Gasteiger partial charge in [-0.25, -0.2) is 9.78 Å². The molecule has 0 radical (unpaired) electrons. The van der Waals surface area contributed by atoms with Crippen LogP contribution >= 0.6 is 0 Å². The van der Waals surface area contributed by atoms with Gasteiger partial charge in [0, 0.05) is 48.6 Å². The fourth-order valence-corrected chi connectivity index (χ4v) is 5.98. The Hall–Kier alpha value is -4.30. The standard InChI is InChI=1S/C33H34N4O4/c1-2-32(39)41-31-21-27(23-6-4-3-5-7-23)33(37(31)22-30(38)36-16-18-40-19-17-36)26-9-11-29-25(20-26)8-10-28(35-29)24-12-14-34-15-13-24/h2,8-15,20-21,23H,1,3-7,16-19,22H2. The van der Waals surface area contributed by atoms with Crippen molar-refractivity contribution in [1.82, 2.24) is 19.4 Å². The lowest BCUT2D eigenvalue weighted by molar-refractivity contribution is -0.136. The lowest BCUT2D eigenvalue weighted by Crippen LogP contribution is -2.42. The molecular formula is C33H34N4O4. The zero-order chi connectivity index (χ0) is 28.2. The number of aromatic nitrogens is 3. The average Bonchev–Trinajstić information content (AvgIpc) is 3.38. The fraction of sp³-hybridized carbons (Fsp3) is 0.333. The summed E-state index contributed by atoms with van der Waals surface area (Å²) in [7, 11) is 0. The summed E-state index contributed by atoms with van der Waals surface area (Å²) < 4.78 is 13.1. The highest BCUT2D eigenvalue weighted by Crippen LogP contribution is 2.43.